The molecule has 0 saturated carbocycles. The van der Waals surface area contributed by atoms with Crippen LogP contribution in [0.5, 0.6) is 0 Å². The Kier molecular flexibility index (Phi) is 4.92. The zero-order valence-corrected chi connectivity index (χ0v) is 12.8. The molecule has 0 amide bonds. The second kappa shape index (κ2) is 6.67. The summed E-state index contributed by atoms with van der Waals surface area (Å²) < 4.78 is 0. The first kappa shape index (κ1) is 14.7. The van der Waals surface area contributed by atoms with Crippen molar-refractivity contribution < 1.29 is 5.11 Å². The molecule has 1 aliphatic rings. The summed E-state index contributed by atoms with van der Waals surface area (Å²) in [6.07, 6.45) is 3.40. The molecule has 1 aromatic rings. The van der Waals surface area contributed by atoms with E-state index in [4.69, 9.17) is 5.41 Å². The number of benzene rings is 1. The summed E-state index contributed by atoms with van der Waals surface area (Å²) in [5.41, 5.74) is 0.705. The van der Waals surface area contributed by atoms with Gasteiger partial charge in [0.05, 0.1) is 4.91 Å². The Morgan fingerprint density at radius 1 is 1.30 bits per heavy atom. The molecule has 2 rings (SSSR count). The van der Waals surface area contributed by atoms with Gasteiger partial charge >= 0.3 is 0 Å². The van der Waals surface area contributed by atoms with Crippen LogP contribution in [0, 0.1) is 5.41 Å². The van der Waals surface area contributed by atoms with Gasteiger partial charge in [0, 0.05) is 16.7 Å². The summed E-state index contributed by atoms with van der Waals surface area (Å²) >= 11 is 2.80. The normalized spacial score (nSPS) is 16.9. The summed E-state index contributed by atoms with van der Waals surface area (Å²) in [4.78, 5) is 6.09. The average molecular weight is 305 g/mol. The number of thioether (sulfide) groups is 2. The first-order chi connectivity index (χ1) is 9.60. The van der Waals surface area contributed by atoms with E-state index in [0.29, 0.717) is 21.5 Å². The van der Waals surface area contributed by atoms with Gasteiger partial charge in [-0.1, -0.05) is 30.0 Å². The molecule has 0 bridgehead atoms. The van der Waals surface area contributed by atoms with Crippen LogP contribution in [0.1, 0.15) is 6.92 Å². The molecule has 0 unspecified atom stereocenters. The Labute approximate surface area is 126 Å². The monoisotopic (exact) mass is 305 g/mol. The lowest BCUT2D eigenvalue weighted by Gasteiger charge is -2.16. The maximum atomic E-state index is 9.67. The van der Waals surface area contributed by atoms with Crippen molar-refractivity contribution in [3.63, 3.8) is 0 Å². The molecule has 0 fully saturated rings. The van der Waals surface area contributed by atoms with Crippen LogP contribution in [-0.4, -0.2) is 22.1 Å². The largest absolute Gasteiger partial charge is 0.494 e. The molecule has 20 heavy (non-hydrogen) atoms. The molecule has 0 aromatic heterocycles. The SMILES string of the molecule is CSC(=N)/C(Sc1ccccc1)=C1/N=C(C)C=C(O)N1. The van der Waals surface area contributed by atoms with Crippen LogP contribution < -0.4 is 5.32 Å². The van der Waals surface area contributed by atoms with Crippen molar-refractivity contribution in [2.24, 2.45) is 4.99 Å². The van der Waals surface area contributed by atoms with Gasteiger partial charge in [-0.15, -0.1) is 11.8 Å². The van der Waals surface area contributed by atoms with Crippen molar-refractivity contribution >= 4 is 34.3 Å². The van der Waals surface area contributed by atoms with Gasteiger partial charge in [0.1, 0.15) is 10.9 Å². The number of allylic oxidation sites excluding steroid dienone is 1. The zero-order chi connectivity index (χ0) is 14.5. The maximum Gasteiger partial charge on any atom is 0.191 e. The minimum Gasteiger partial charge on any atom is -0.494 e. The lowest BCUT2D eigenvalue weighted by molar-refractivity contribution is 0.376. The molecule has 0 saturated heterocycles. The first-order valence-corrected chi connectivity index (χ1v) is 7.97. The molecule has 4 nitrogen and oxygen atoms in total. The summed E-state index contributed by atoms with van der Waals surface area (Å²) in [6, 6.07) is 9.81. The third-order valence-corrected chi connectivity index (χ3v) is 4.32. The van der Waals surface area contributed by atoms with Crippen LogP contribution in [0.25, 0.3) is 0 Å². The number of hydrogen-bond donors (Lipinski definition) is 3. The van der Waals surface area contributed by atoms with Crippen LogP contribution in [0.4, 0.5) is 0 Å². The molecule has 0 radical (unpaired) electrons. The fourth-order valence-corrected chi connectivity index (χ4v) is 3.07. The second-order valence-corrected chi connectivity index (χ2v) is 5.93. The Morgan fingerprint density at radius 2 is 2.00 bits per heavy atom. The van der Waals surface area contributed by atoms with Crippen molar-refractivity contribution in [3.05, 3.63) is 53.0 Å². The highest BCUT2D eigenvalue weighted by Gasteiger charge is 2.17. The molecule has 1 aliphatic heterocycles. The highest BCUT2D eigenvalue weighted by Crippen LogP contribution is 2.32. The predicted molar refractivity (Wildman–Crippen MR) is 87.5 cm³/mol. The van der Waals surface area contributed by atoms with Gasteiger partial charge < -0.3 is 10.4 Å². The minimum absolute atomic E-state index is 0.0487. The van der Waals surface area contributed by atoms with E-state index in [2.05, 4.69) is 10.3 Å². The summed E-state index contributed by atoms with van der Waals surface area (Å²) in [5, 5.41) is 21.0. The highest BCUT2D eigenvalue weighted by molar-refractivity contribution is 8.17. The lowest BCUT2D eigenvalue weighted by Crippen LogP contribution is -2.20. The quantitative estimate of drug-likeness (QED) is 0.452. The van der Waals surface area contributed by atoms with Gasteiger partial charge in [-0.05, 0) is 25.3 Å². The van der Waals surface area contributed by atoms with E-state index in [1.165, 1.54) is 23.5 Å². The Hall–Kier alpha value is -1.66. The fourth-order valence-electron chi connectivity index (χ4n) is 1.60. The zero-order valence-electron chi connectivity index (χ0n) is 11.2. The van der Waals surface area contributed by atoms with E-state index < -0.39 is 0 Å². The number of rotatable bonds is 3. The number of aliphatic imine (C=N–C) groups is 1. The van der Waals surface area contributed by atoms with Crippen molar-refractivity contribution in [1.29, 1.82) is 5.41 Å². The first-order valence-electron chi connectivity index (χ1n) is 5.93. The van der Waals surface area contributed by atoms with E-state index >= 15 is 0 Å². The van der Waals surface area contributed by atoms with E-state index in [0.717, 1.165) is 4.90 Å². The Morgan fingerprint density at radius 3 is 2.60 bits per heavy atom. The number of aliphatic hydroxyl groups excluding tert-OH is 1. The van der Waals surface area contributed by atoms with Crippen molar-refractivity contribution in [2.45, 2.75) is 11.8 Å². The molecule has 1 heterocycles. The number of nitrogens with one attached hydrogen (secondary N) is 2. The molecule has 0 spiro atoms. The molecular weight excluding hydrogens is 290 g/mol. The summed E-state index contributed by atoms with van der Waals surface area (Å²) in [5.74, 6) is 0.559. The standard InChI is InChI=1S/C14H15N3OS2/c1-9-8-11(18)17-14(16-9)12(13(15)19-2)20-10-6-4-3-5-7-10/h3-8,15,17-18H,1-2H3/b14-12+,15-13?. The smallest absolute Gasteiger partial charge is 0.191 e. The van der Waals surface area contributed by atoms with Gasteiger partial charge in [0.25, 0.3) is 0 Å². The molecule has 6 heteroatoms. The maximum absolute atomic E-state index is 9.67. The number of hydrogen-bond acceptors (Lipinski definition) is 6. The van der Waals surface area contributed by atoms with E-state index in [9.17, 15) is 5.11 Å². The van der Waals surface area contributed by atoms with Crippen LogP contribution in [0.15, 0.2) is 62.9 Å². The summed E-state index contributed by atoms with van der Waals surface area (Å²) in [6.45, 7) is 1.81. The van der Waals surface area contributed by atoms with Gasteiger partial charge in [-0.3, -0.25) is 5.41 Å². The van der Waals surface area contributed by atoms with Gasteiger partial charge in [-0.2, -0.15) is 0 Å². The van der Waals surface area contributed by atoms with Crippen LogP contribution in [0.2, 0.25) is 0 Å². The van der Waals surface area contributed by atoms with Crippen molar-refractivity contribution in [3.8, 4) is 0 Å². The third-order valence-electron chi connectivity index (χ3n) is 2.47. The van der Waals surface area contributed by atoms with Crippen molar-refractivity contribution in [1.82, 2.24) is 5.32 Å². The van der Waals surface area contributed by atoms with E-state index in [1.54, 1.807) is 6.08 Å². The predicted octanol–water partition coefficient (Wildman–Crippen LogP) is 3.75. The Bertz CT molecular complexity index is 606. The molecule has 3 N–H and O–H groups in total. The molecule has 104 valence electrons. The topological polar surface area (TPSA) is 68.5 Å². The number of nitrogens with zero attached hydrogens (tertiary/aromatic N) is 1. The summed E-state index contributed by atoms with van der Waals surface area (Å²) in [7, 11) is 0. The third kappa shape index (κ3) is 3.68. The minimum atomic E-state index is 0.0487. The Balaban J connectivity index is 2.38. The van der Waals surface area contributed by atoms with Crippen LogP contribution >= 0.6 is 23.5 Å². The lowest BCUT2D eigenvalue weighted by atomic mass is 10.3. The highest BCUT2D eigenvalue weighted by atomic mass is 32.2. The van der Waals surface area contributed by atoms with Gasteiger partial charge in [-0.25, -0.2) is 4.99 Å². The van der Waals surface area contributed by atoms with Gasteiger partial charge in [0.15, 0.2) is 5.88 Å². The molecular formula is C14H15N3OS2. The van der Waals surface area contributed by atoms with Crippen molar-refractivity contribution in [2.75, 3.05) is 6.26 Å². The van der Waals surface area contributed by atoms with Crippen LogP contribution in [-0.2, 0) is 0 Å². The molecule has 0 atom stereocenters. The van der Waals surface area contributed by atoms with E-state index in [1.807, 2.05) is 43.5 Å². The second-order valence-electron chi connectivity index (χ2n) is 4.03. The fraction of sp³-hybridized carbons (Fsp3) is 0.143. The molecule has 0 aliphatic carbocycles. The van der Waals surface area contributed by atoms with Crippen LogP contribution in [0.3, 0.4) is 0 Å². The average Bonchev–Trinajstić information content (AvgIpc) is 2.44. The molecule has 1 aromatic carbocycles. The van der Waals surface area contributed by atoms with E-state index in [-0.39, 0.29) is 5.88 Å². The van der Waals surface area contributed by atoms with Gasteiger partial charge in [0.2, 0.25) is 0 Å². The number of aliphatic hydroxyl groups is 1.